The quantitative estimate of drug-likeness (QED) is 0.625. The summed E-state index contributed by atoms with van der Waals surface area (Å²) < 4.78 is 34.1. The van der Waals surface area contributed by atoms with Gasteiger partial charge in [0, 0.05) is 18.5 Å². The van der Waals surface area contributed by atoms with E-state index in [1.54, 1.807) is 12.1 Å². The maximum Gasteiger partial charge on any atom is 0.309 e. The molecule has 0 radical (unpaired) electrons. The Bertz CT molecular complexity index is 739. The van der Waals surface area contributed by atoms with Crippen LogP contribution in [0.2, 0.25) is 0 Å². The van der Waals surface area contributed by atoms with E-state index in [0.29, 0.717) is 12.3 Å². The summed E-state index contributed by atoms with van der Waals surface area (Å²) in [7, 11) is -2.19. The molecule has 27 heavy (non-hydrogen) atoms. The zero-order valence-electron chi connectivity index (χ0n) is 16.7. The van der Waals surface area contributed by atoms with Crippen LogP contribution >= 0.6 is 0 Å². The second kappa shape index (κ2) is 9.44. The molecule has 0 spiro atoms. The molecule has 1 saturated carbocycles. The van der Waals surface area contributed by atoms with Gasteiger partial charge in [-0.1, -0.05) is 25.3 Å². The molecule has 1 aromatic rings. The zero-order chi connectivity index (χ0) is 20.0. The molecule has 1 fully saturated rings. The molecule has 0 atom stereocenters. The molecule has 1 aromatic carbocycles. The second-order valence-corrected chi connectivity index (χ2v) is 9.17. The van der Waals surface area contributed by atoms with E-state index >= 15 is 0 Å². The molecule has 0 aliphatic heterocycles. The number of benzene rings is 1. The summed E-state index contributed by atoms with van der Waals surface area (Å²) in [5.74, 6) is 0.662. The van der Waals surface area contributed by atoms with Crippen LogP contribution in [0.25, 0.3) is 0 Å². The molecule has 0 unspecified atom stereocenters. The van der Waals surface area contributed by atoms with Crippen molar-refractivity contribution < 1.29 is 22.1 Å². The van der Waals surface area contributed by atoms with E-state index in [9.17, 15) is 13.2 Å². The van der Waals surface area contributed by atoms with Crippen LogP contribution < -0.4 is 8.92 Å². The van der Waals surface area contributed by atoms with Gasteiger partial charge in [-0.3, -0.25) is 4.79 Å². The normalized spacial score (nSPS) is 15.6. The Hall–Kier alpha value is -1.76. The van der Waals surface area contributed by atoms with Crippen molar-refractivity contribution in [2.45, 2.75) is 65.5 Å². The maximum atomic E-state index is 13.0. The molecule has 1 amide bonds. The number of carbonyl (C=O) groups excluding carboxylic acids is 1. The summed E-state index contributed by atoms with van der Waals surface area (Å²) in [6.45, 7) is 5.95. The predicted octanol–water partition coefficient (Wildman–Crippen LogP) is 3.74. The molecule has 6 nitrogen and oxygen atoms in total. The summed E-state index contributed by atoms with van der Waals surface area (Å²) in [6, 6.07) is 5.23. The lowest BCUT2D eigenvalue weighted by molar-refractivity contribution is -0.139. The molecule has 0 N–H and O–H groups in total. The summed E-state index contributed by atoms with van der Waals surface area (Å²) in [5.41, 5.74) is 0.815. The Balaban J connectivity index is 2.23. The third-order valence-electron chi connectivity index (χ3n) is 5.01. The minimum atomic E-state index is -3.66. The predicted molar refractivity (Wildman–Crippen MR) is 105 cm³/mol. The van der Waals surface area contributed by atoms with E-state index in [4.69, 9.17) is 8.92 Å². The molecule has 0 bridgehead atoms. The standard InChI is InChI=1S/C20H31NO5S/c1-5-27(23,24)26-19-13-16(11-12-18(19)25-4)14-21(15(2)3)20(22)17-9-7-6-8-10-17/h11-13,15,17H,5-10,14H2,1-4H3. The van der Waals surface area contributed by atoms with Crippen molar-refractivity contribution in [2.24, 2.45) is 5.92 Å². The third kappa shape index (κ3) is 5.86. The lowest BCUT2D eigenvalue weighted by Crippen LogP contribution is -2.41. The van der Waals surface area contributed by atoms with E-state index < -0.39 is 10.1 Å². The summed E-state index contributed by atoms with van der Waals surface area (Å²) in [6.07, 6.45) is 5.33. The summed E-state index contributed by atoms with van der Waals surface area (Å²) in [4.78, 5) is 14.9. The molecule has 0 aromatic heterocycles. The molecular weight excluding hydrogens is 366 g/mol. The van der Waals surface area contributed by atoms with Gasteiger partial charge in [0.15, 0.2) is 11.5 Å². The van der Waals surface area contributed by atoms with Crippen molar-refractivity contribution in [3.8, 4) is 11.5 Å². The number of hydrogen-bond donors (Lipinski definition) is 0. The van der Waals surface area contributed by atoms with Gasteiger partial charge in [-0.25, -0.2) is 0 Å². The van der Waals surface area contributed by atoms with E-state index in [1.807, 2.05) is 24.8 Å². The van der Waals surface area contributed by atoms with Crippen molar-refractivity contribution in [1.82, 2.24) is 4.90 Å². The first kappa shape index (κ1) is 21.5. The SMILES string of the molecule is CCS(=O)(=O)Oc1cc(CN(C(=O)C2CCCCC2)C(C)C)ccc1OC. The van der Waals surface area contributed by atoms with Crippen molar-refractivity contribution in [3.63, 3.8) is 0 Å². The maximum absolute atomic E-state index is 13.0. The monoisotopic (exact) mass is 397 g/mol. The number of nitrogens with zero attached hydrogens (tertiary/aromatic N) is 1. The van der Waals surface area contributed by atoms with Crippen molar-refractivity contribution >= 4 is 16.0 Å². The van der Waals surface area contributed by atoms with Crippen molar-refractivity contribution in [3.05, 3.63) is 23.8 Å². The Morgan fingerprint density at radius 2 is 1.85 bits per heavy atom. The summed E-state index contributed by atoms with van der Waals surface area (Å²) in [5, 5.41) is 0. The van der Waals surface area contributed by atoms with Gasteiger partial charge >= 0.3 is 10.1 Å². The van der Waals surface area contributed by atoms with Gasteiger partial charge in [-0.2, -0.15) is 8.42 Å². The molecule has 0 saturated heterocycles. The Kier molecular flexibility index (Phi) is 7.53. The van der Waals surface area contributed by atoms with E-state index in [1.165, 1.54) is 20.5 Å². The molecule has 1 aliphatic carbocycles. The third-order valence-corrected chi connectivity index (χ3v) is 6.15. The number of rotatable bonds is 8. The molecule has 0 heterocycles. The Labute approximate surface area is 163 Å². The first-order chi connectivity index (χ1) is 12.8. The largest absolute Gasteiger partial charge is 0.493 e. The molecule has 2 rings (SSSR count). The average Bonchev–Trinajstić information content (AvgIpc) is 2.66. The van der Waals surface area contributed by atoms with Crippen molar-refractivity contribution in [1.29, 1.82) is 0 Å². The average molecular weight is 398 g/mol. The van der Waals surface area contributed by atoms with Crippen LogP contribution in [-0.4, -0.2) is 38.1 Å². The lowest BCUT2D eigenvalue weighted by Gasteiger charge is -2.32. The fourth-order valence-electron chi connectivity index (χ4n) is 3.38. The smallest absolute Gasteiger partial charge is 0.309 e. The van der Waals surface area contributed by atoms with Gasteiger partial charge in [0.25, 0.3) is 0 Å². The van der Waals surface area contributed by atoms with Crippen LogP contribution in [-0.2, 0) is 21.5 Å². The second-order valence-electron chi connectivity index (χ2n) is 7.31. The number of ether oxygens (including phenoxy) is 1. The van der Waals surface area contributed by atoms with Gasteiger partial charge in [-0.15, -0.1) is 0 Å². The van der Waals surface area contributed by atoms with Crippen LogP contribution in [0.5, 0.6) is 11.5 Å². The molecular formula is C20H31NO5S. The molecule has 152 valence electrons. The van der Waals surface area contributed by atoms with Crippen molar-refractivity contribution in [2.75, 3.05) is 12.9 Å². The van der Waals surface area contributed by atoms with E-state index in [0.717, 1.165) is 31.2 Å². The topological polar surface area (TPSA) is 72.9 Å². The zero-order valence-corrected chi connectivity index (χ0v) is 17.5. The molecule has 1 aliphatic rings. The minimum Gasteiger partial charge on any atom is -0.493 e. The van der Waals surface area contributed by atoms with Gasteiger partial charge in [0.2, 0.25) is 5.91 Å². The fraction of sp³-hybridized carbons (Fsp3) is 0.650. The fourth-order valence-corrected chi connectivity index (χ4v) is 3.90. The summed E-state index contributed by atoms with van der Waals surface area (Å²) >= 11 is 0. The van der Waals surface area contributed by atoms with Crippen LogP contribution in [0.1, 0.15) is 58.4 Å². The number of hydrogen-bond acceptors (Lipinski definition) is 5. The van der Waals surface area contributed by atoms with Crippen LogP contribution in [0.15, 0.2) is 18.2 Å². The lowest BCUT2D eigenvalue weighted by atomic mass is 9.88. The number of carbonyl (C=O) groups is 1. The highest BCUT2D eigenvalue weighted by Crippen LogP contribution is 2.31. The highest BCUT2D eigenvalue weighted by molar-refractivity contribution is 7.87. The number of amides is 1. The molecule has 7 heteroatoms. The highest BCUT2D eigenvalue weighted by atomic mass is 32.2. The van der Waals surface area contributed by atoms with Gasteiger partial charge < -0.3 is 13.8 Å². The Morgan fingerprint density at radius 3 is 2.41 bits per heavy atom. The van der Waals surface area contributed by atoms with Gasteiger partial charge in [-0.05, 0) is 51.3 Å². The van der Waals surface area contributed by atoms with E-state index in [-0.39, 0.29) is 29.4 Å². The first-order valence-corrected chi connectivity index (χ1v) is 11.2. The highest BCUT2D eigenvalue weighted by Gasteiger charge is 2.28. The Morgan fingerprint density at radius 1 is 1.19 bits per heavy atom. The van der Waals surface area contributed by atoms with Crippen LogP contribution in [0.3, 0.4) is 0 Å². The van der Waals surface area contributed by atoms with Gasteiger partial charge in [0.05, 0.1) is 12.9 Å². The van der Waals surface area contributed by atoms with Gasteiger partial charge in [0.1, 0.15) is 0 Å². The van der Waals surface area contributed by atoms with Crippen LogP contribution in [0, 0.1) is 5.92 Å². The van der Waals surface area contributed by atoms with E-state index in [2.05, 4.69) is 0 Å². The van der Waals surface area contributed by atoms with Crippen LogP contribution in [0.4, 0.5) is 0 Å². The number of methoxy groups -OCH3 is 1. The minimum absolute atomic E-state index is 0.0604. The first-order valence-electron chi connectivity index (χ1n) is 9.67.